The van der Waals surface area contributed by atoms with E-state index in [0.29, 0.717) is 33.6 Å². The van der Waals surface area contributed by atoms with Crippen LogP contribution >= 0.6 is 23.2 Å². The molecule has 0 unspecified atom stereocenters. The molecule has 0 fully saturated rings. The predicted molar refractivity (Wildman–Crippen MR) is 109 cm³/mol. The van der Waals surface area contributed by atoms with Crippen molar-refractivity contribution in [2.24, 2.45) is 0 Å². The van der Waals surface area contributed by atoms with E-state index >= 15 is 0 Å². The minimum absolute atomic E-state index is 0.242. The molecule has 0 saturated carbocycles. The summed E-state index contributed by atoms with van der Waals surface area (Å²) >= 11 is 12.0. The maximum atomic E-state index is 12.9. The molecule has 0 bridgehead atoms. The number of nitrogens with zero attached hydrogens (tertiary/aromatic N) is 1. The van der Waals surface area contributed by atoms with Crippen LogP contribution in [0, 0.1) is 6.92 Å². The first-order valence-electron chi connectivity index (χ1n) is 8.40. The van der Waals surface area contributed by atoms with E-state index in [1.165, 1.54) is 5.56 Å². The van der Waals surface area contributed by atoms with E-state index in [2.05, 4.69) is 24.4 Å². The topological polar surface area (TPSA) is 47.2 Å². The third-order valence-electron chi connectivity index (χ3n) is 4.52. The number of benzene rings is 2. The molecule has 2 heterocycles. The number of carbonyl (C=O) groups excluding carboxylic acids is 1. The molecule has 1 amide bonds. The predicted octanol–water partition coefficient (Wildman–Crippen LogP) is 6.15. The molecule has 0 radical (unpaired) electrons. The lowest BCUT2D eigenvalue weighted by atomic mass is 10.1. The quantitative estimate of drug-likeness (QED) is 0.447. The van der Waals surface area contributed by atoms with Gasteiger partial charge in [0.05, 0.1) is 21.8 Å². The number of furan rings is 1. The van der Waals surface area contributed by atoms with Crippen LogP contribution in [-0.4, -0.2) is 10.5 Å². The van der Waals surface area contributed by atoms with Gasteiger partial charge in [-0.2, -0.15) is 0 Å². The molecule has 0 spiro atoms. The standard InChI is InChI=1S/C21H16Cl2N2O2/c1-13-4-2-3-5-14(13)12-25-18-8-9-27-20(18)11-19(25)21(26)24-15-6-7-16(22)17(23)10-15/h2-11H,12H2,1H3,(H,24,26). The number of carbonyl (C=O) groups is 1. The summed E-state index contributed by atoms with van der Waals surface area (Å²) in [4.78, 5) is 12.9. The molecule has 0 aliphatic heterocycles. The zero-order chi connectivity index (χ0) is 19.0. The first-order chi connectivity index (χ1) is 13.0. The van der Waals surface area contributed by atoms with Crippen molar-refractivity contribution in [2.45, 2.75) is 13.5 Å². The third-order valence-corrected chi connectivity index (χ3v) is 5.26. The molecule has 0 atom stereocenters. The number of anilines is 1. The Kier molecular flexibility index (Phi) is 4.68. The first-order valence-corrected chi connectivity index (χ1v) is 9.16. The lowest BCUT2D eigenvalue weighted by Crippen LogP contribution is -2.17. The summed E-state index contributed by atoms with van der Waals surface area (Å²) in [6.45, 7) is 2.63. The molecule has 2 aromatic carbocycles. The number of halogens is 2. The van der Waals surface area contributed by atoms with E-state index in [4.69, 9.17) is 27.6 Å². The van der Waals surface area contributed by atoms with E-state index in [0.717, 1.165) is 11.1 Å². The molecule has 0 saturated heterocycles. The molecule has 4 aromatic rings. The summed E-state index contributed by atoms with van der Waals surface area (Å²) in [5.74, 6) is -0.242. The third kappa shape index (κ3) is 3.46. The van der Waals surface area contributed by atoms with Crippen molar-refractivity contribution in [3.8, 4) is 0 Å². The highest BCUT2D eigenvalue weighted by molar-refractivity contribution is 6.42. The van der Waals surface area contributed by atoms with E-state index in [9.17, 15) is 4.79 Å². The molecule has 0 aliphatic rings. The largest absolute Gasteiger partial charge is 0.463 e. The van der Waals surface area contributed by atoms with Gasteiger partial charge in [-0.25, -0.2) is 0 Å². The van der Waals surface area contributed by atoms with Crippen LogP contribution in [0.4, 0.5) is 5.69 Å². The zero-order valence-corrected chi connectivity index (χ0v) is 16.0. The highest BCUT2D eigenvalue weighted by atomic mass is 35.5. The van der Waals surface area contributed by atoms with Crippen LogP contribution < -0.4 is 5.32 Å². The van der Waals surface area contributed by atoms with Gasteiger partial charge in [-0.1, -0.05) is 47.5 Å². The molecule has 4 rings (SSSR count). The summed E-state index contributed by atoms with van der Waals surface area (Å²) in [7, 11) is 0. The lowest BCUT2D eigenvalue weighted by molar-refractivity contribution is 0.101. The van der Waals surface area contributed by atoms with Gasteiger partial charge in [0.1, 0.15) is 5.69 Å². The zero-order valence-electron chi connectivity index (χ0n) is 14.5. The second kappa shape index (κ2) is 7.14. The van der Waals surface area contributed by atoms with Crippen LogP contribution in [0.25, 0.3) is 11.1 Å². The smallest absolute Gasteiger partial charge is 0.272 e. The van der Waals surface area contributed by atoms with Gasteiger partial charge in [-0.15, -0.1) is 0 Å². The van der Waals surface area contributed by atoms with Crippen LogP contribution in [-0.2, 0) is 6.54 Å². The lowest BCUT2D eigenvalue weighted by Gasteiger charge is -2.12. The van der Waals surface area contributed by atoms with Crippen LogP contribution in [0.1, 0.15) is 21.6 Å². The Labute approximate surface area is 166 Å². The average molecular weight is 399 g/mol. The van der Waals surface area contributed by atoms with Gasteiger partial charge in [0.15, 0.2) is 5.58 Å². The van der Waals surface area contributed by atoms with Crippen molar-refractivity contribution in [3.05, 3.63) is 87.7 Å². The molecule has 27 heavy (non-hydrogen) atoms. The van der Waals surface area contributed by atoms with Crippen molar-refractivity contribution in [3.63, 3.8) is 0 Å². The molecule has 6 heteroatoms. The minimum Gasteiger partial charge on any atom is -0.463 e. The Morgan fingerprint density at radius 3 is 2.67 bits per heavy atom. The maximum Gasteiger partial charge on any atom is 0.272 e. The van der Waals surface area contributed by atoms with E-state index in [1.807, 2.05) is 22.8 Å². The van der Waals surface area contributed by atoms with Gasteiger partial charge in [0.2, 0.25) is 0 Å². The fourth-order valence-corrected chi connectivity index (χ4v) is 3.36. The molecule has 2 aromatic heterocycles. The van der Waals surface area contributed by atoms with Crippen molar-refractivity contribution in [1.29, 1.82) is 0 Å². The Bertz CT molecular complexity index is 1140. The van der Waals surface area contributed by atoms with E-state index in [1.54, 1.807) is 30.5 Å². The Morgan fingerprint density at radius 1 is 1.07 bits per heavy atom. The van der Waals surface area contributed by atoms with Crippen molar-refractivity contribution in [1.82, 2.24) is 4.57 Å². The van der Waals surface area contributed by atoms with Crippen LogP contribution in [0.5, 0.6) is 0 Å². The van der Waals surface area contributed by atoms with Gasteiger partial charge in [0, 0.05) is 24.4 Å². The molecule has 1 N–H and O–H groups in total. The maximum absolute atomic E-state index is 12.9. The number of hydrogen-bond acceptors (Lipinski definition) is 2. The number of amides is 1. The fourth-order valence-electron chi connectivity index (χ4n) is 3.06. The van der Waals surface area contributed by atoms with E-state index in [-0.39, 0.29) is 5.91 Å². The summed E-state index contributed by atoms with van der Waals surface area (Å²) in [6, 6.07) is 16.7. The van der Waals surface area contributed by atoms with Crippen LogP contribution in [0.2, 0.25) is 10.0 Å². The number of hydrogen-bond donors (Lipinski definition) is 1. The molecule has 4 nitrogen and oxygen atoms in total. The van der Waals surface area contributed by atoms with Crippen molar-refractivity contribution in [2.75, 3.05) is 5.32 Å². The number of rotatable bonds is 4. The second-order valence-electron chi connectivity index (χ2n) is 6.30. The summed E-state index contributed by atoms with van der Waals surface area (Å²) in [5, 5.41) is 3.70. The van der Waals surface area contributed by atoms with Gasteiger partial charge in [-0.3, -0.25) is 4.79 Å². The normalized spacial score (nSPS) is 11.1. The number of aryl methyl sites for hydroxylation is 1. The van der Waals surface area contributed by atoms with Gasteiger partial charge in [-0.05, 0) is 36.2 Å². The average Bonchev–Trinajstić information content (AvgIpc) is 3.22. The van der Waals surface area contributed by atoms with Gasteiger partial charge < -0.3 is 14.3 Å². The van der Waals surface area contributed by atoms with Crippen LogP contribution in [0.15, 0.2) is 65.3 Å². The Balaban J connectivity index is 1.70. The number of nitrogens with one attached hydrogen (secondary N) is 1. The van der Waals surface area contributed by atoms with Crippen molar-refractivity contribution < 1.29 is 9.21 Å². The van der Waals surface area contributed by atoms with Crippen LogP contribution in [0.3, 0.4) is 0 Å². The molecular weight excluding hydrogens is 383 g/mol. The number of fused-ring (bicyclic) bond motifs is 1. The molecule has 0 aliphatic carbocycles. The monoisotopic (exact) mass is 398 g/mol. The van der Waals surface area contributed by atoms with Gasteiger partial charge in [0.25, 0.3) is 5.91 Å². The fraction of sp³-hybridized carbons (Fsp3) is 0.0952. The highest BCUT2D eigenvalue weighted by Gasteiger charge is 2.18. The SMILES string of the molecule is Cc1ccccc1Cn1c(C(=O)Nc2ccc(Cl)c(Cl)c2)cc2occc21. The van der Waals surface area contributed by atoms with Gasteiger partial charge >= 0.3 is 0 Å². The molecular formula is C21H16Cl2N2O2. The Hall–Kier alpha value is -2.69. The van der Waals surface area contributed by atoms with Crippen molar-refractivity contribution >= 4 is 45.9 Å². The highest BCUT2D eigenvalue weighted by Crippen LogP contribution is 2.27. The van der Waals surface area contributed by atoms with E-state index < -0.39 is 0 Å². The summed E-state index contributed by atoms with van der Waals surface area (Å²) < 4.78 is 7.46. The second-order valence-corrected chi connectivity index (χ2v) is 7.11. The Morgan fingerprint density at radius 2 is 1.89 bits per heavy atom. The first kappa shape index (κ1) is 17.7. The summed E-state index contributed by atoms with van der Waals surface area (Å²) in [5.41, 5.74) is 4.94. The number of aromatic nitrogens is 1. The minimum atomic E-state index is -0.242. The molecule has 136 valence electrons. The summed E-state index contributed by atoms with van der Waals surface area (Å²) in [6.07, 6.45) is 1.62.